The number of nitrogens with zero attached hydrogens (tertiary/aromatic N) is 3. The molecule has 0 spiro atoms. The van der Waals surface area contributed by atoms with E-state index in [4.69, 9.17) is 38.1 Å². The number of nitrogens with one attached hydrogen (secondary N) is 2. The minimum atomic E-state index is -3.23. The zero-order valence-corrected chi connectivity index (χ0v) is 27.0. The third-order valence-corrected chi connectivity index (χ3v) is 10.6. The number of likely N-dealkylation sites (N-methyl/N-ethyl adjacent to an activating group) is 1. The van der Waals surface area contributed by atoms with Crippen LogP contribution in [0.2, 0.25) is 0 Å². The zero-order chi connectivity index (χ0) is 30.7. The van der Waals surface area contributed by atoms with Crippen LogP contribution >= 0.6 is 16.0 Å². The Balaban J connectivity index is 2.24. The van der Waals surface area contributed by atoms with Gasteiger partial charge in [0.05, 0.1) is 56.5 Å². The molecule has 0 amide bonds. The van der Waals surface area contributed by atoms with Crippen LogP contribution in [0, 0.1) is 22.7 Å². The number of halogens is 2. The number of ether oxygens (including phenoxy) is 2. The topological polar surface area (TPSA) is 130 Å². The minimum Gasteiger partial charge on any atom is -0.368 e. The Hall–Kier alpha value is -0.790. The molecule has 236 valence electrons. The van der Waals surface area contributed by atoms with Crippen LogP contribution in [0.15, 0.2) is 0 Å². The van der Waals surface area contributed by atoms with Crippen molar-refractivity contribution in [1.29, 1.82) is 10.5 Å². The molecular weight excluding hydrogens is 578 g/mol. The van der Waals surface area contributed by atoms with Crippen LogP contribution in [-0.2, 0) is 27.6 Å². The van der Waals surface area contributed by atoms with E-state index < -0.39 is 65.0 Å². The number of hydrogen-bond donors (Lipinski definition) is 2. The monoisotopic (exact) mass is 625 g/mol. The normalized spacial score (nSPS) is 32.3. The summed E-state index contributed by atoms with van der Waals surface area (Å²) >= 11 is 0. The maximum Gasteiger partial charge on any atom is 0.259 e. The lowest BCUT2D eigenvalue weighted by Gasteiger charge is -2.38. The highest BCUT2D eigenvalue weighted by Gasteiger charge is 2.48. The van der Waals surface area contributed by atoms with E-state index >= 15 is 8.78 Å². The van der Waals surface area contributed by atoms with Gasteiger partial charge in [-0.3, -0.25) is 5.09 Å². The number of alkyl halides is 2. The van der Waals surface area contributed by atoms with Crippen LogP contribution in [0.5, 0.6) is 0 Å². The second-order valence-corrected chi connectivity index (χ2v) is 14.2. The van der Waals surface area contributed by atoms with Crippen molar-refractivity contribution >= 4 is 22.3 Å². The SMILES string of the molecule is C=P(NC[C@H]1O[C@@H](C)C(F)[C@H]1OP(OCCC#N)N(C(C)C)C(C)C)(OCCC#N)O[C@@H]1C(F)[C@H](C)O[C@@H]1CNC. The fourth-order valence-electron chi connectivity index (χ4n) is 4.76. The lowest BCUT2D eigenvalue weighted by atomic mass is 10.1. The summed E-state index contributed by atoms with van der Waals surface area (Å²) in [5, 5.41) is 24.1. The lowest BCUT2D eigenvalue weighted by Crippen LogP contribution is -2.42. The van der Waals surface area contributed by atoms with Crippen LogP contribution in [0.25, 0.3) is 0 Å². The van der Waals surface area contributed by atoms with Gasteiger partial charge in [0, 0.05) is 25.2 Å². The highest BCUT2D eigenvalue weighted by molar-refractivity contribution is 7.62. The first-order chi connectivity index (χ1) is 19.4. The molecule has 0 aromatic heterocycles. The molecule has 2 heterocycles. The second kappa shape index (κ2) is 17.5. The van der Waals surface area contributed by atoms with E-state index in [1.54, 1.807) is 20.9 Å². The largest absolute Gasteiger partial charge is 0.368 e. The van der Waals surface area contributed by atoms with Crippen molar-refractivity contribution in [3.63, 3.8) is 0 Å². The molecule has 2 aliphatic rings. The first kappa shape index (κ1) is 36.4. The van der Waals surface area contributed by atoms with E-state index in [2.05, 4.69) is 22.8 Å². The van der Waals surface area contributed by atoms with Gasteiger partial charge >= 0.3 is 0 Å². The summed E-state index contributed by atoms with van der Waals surface area (Å²) in [7, 11) is -3.22. The average Bonchev–Trinajstić information content (AvgIpc) is 3.32. The second-order valence-electron chi connectivity index (χ2n) is 10.7. The predicted molar refractivity (Wildman–Crippen MR) is 156 cm³/mol. The smallest absolute Gasteiger partial charge is 0.259 e. The molecule has 0 aliphatic carbocycles. The maximum absolute atomic E-state index is 15.5. The molecule has 2 N–H and O–H groups in total. The number of hydrogen-bond acceptors (Lipinski definition) is 11. The first-order valence-electron chi connectivity index (χ1n) is 14.1. The Labute approximate surface area is 245 Å². The van der Waals surface area contributed by atoms with Crippen molar-refractivity contribution in [2.75, 3.05) is 33.4 Å². The van der Waals surface area contributed by atoms with E-state index in [1.165, 1.54) is 0 Å². The molecule has 2 fully saturated rings. The fraction of sp³-hybridized carbons (Fsp3) is 0.885. The first-order valence-corrected chi connectivity index (χ1v) is 17.0. The minimum absolute atomic E-state index is 0.0148. The van der Waals surface area contributed by atoms with E-state index in [0.29, 0.717) is 6.54 Å². The molecule has 2 aliphatic heterocycles. The Kier molecular flexibility index (Phi) is 15.5. The van der Waals surface area contributed by atoms with Crippen molar-refractivity contribution < 1.29 is 36.3 Å². The summed E-state index contributed by atoms with van der Waals surface area (Å²) in [4.78, 5) is 0. The maximum atomic E-state index is 15.5. The molecule has 0 radical (unpaired) electrons. The predicted octanol–water partition coefficient (Wildman–Crippen LogP) is 4.22. The van der Waals surface area contributed by atoms with Gasteiger partial charge in [0.1, 0.15) is 18.3 Å². The van der Waals surface area contributed by atoms with Gasteiger partial charge in [-0.05, 0) is 54.9 Å². The van der Waals surface area contributed by atoms with Crippen molar-refractivity contribution in [2.24, 2.45) is 0 Å². The number of nitriles is 2. The van der Waals surface area contributed by atoms with Gasteiger partial charge in [-0.25, -0.2) is 13.5 Å². The average molecular weight is 626 g/mol. The molecule has 2 saturated heterocycles. The number of rotatable bonds is 18. The van der Waals surface area contributed by atoms with Crippen LogP contribution in [-0.4, -0.2) is 105 Å². The molecule has 0 saturated carbocycles. The van der Waals surface area contributed by atoms with Gasteiger partial charge in [-0.2, -0.15) is 10.5 Å². The van der Waals surface area contributed by atoms with E-state index in [0.717, 1.165) is 0 Å². The summed E-state index contributed by atoms with van der Waals surface area (Å²) in [6.45, 7) is 11.8. The van der Waals surface area contributed by atoms with Crippen LogP contribution in [0.1, 0.15) is 54.4 Å². The summed E-state index contributed by atoms with van der Waals surface area (Å²) in [6.07, 6.45) is -3.25. The fourth-order valence-corrected chi connectivity index (χ4v) is 8.24. The van der Waals surface area contributed by atoms with E-state index in [9.17, 15) is 0 Å². The van der Waals surface area contributed by atoms with Crippen LogP contribution in [0.4, 0.5) is 8.78 Å². The summed E-state index contributed by atoms with van der Waals surface area (Å²) < 4.78 is 68.6. The van der Waals surface area contributed by atoms with Crippen molar-refractivity contribution in [1.82, 2.24) is 15.1 Å². The summed E-state index contributed by atoms with van der Waals surface area (Å²) in [6, 6.07) is 4.13. The third kappa shape index (κ3) is 10.4. The highest BCUT2D eigenvalue weighted by atomic mass is 31.2. The Morgan fingerprint density at radius 1 is 0.951 bits per heavy atom. The zero-order valence-electron chi connectivity index (χ0n) is 25.2. The van der Waals surface area contributed by atoms with Gasteiger partial charge in [-0.1, -0.05) is 0 Å². The molecule has 11 nitrogen and oxygen atoms in total. The summed E-state index contributed by atoms with van der Waals surface area (Å²) in [5.41, 5.74) is 0. The van der Waals surface area contributed by atoms with E-state index in [1.807, 2.05) is 38.4 Å². The van der Waals surface area contributed by atoms with Crippen molar-refractivity contribution in [3.05, 3.63) is 0 Å². The molecular formula is C26H47F2N5O6P2. The van der Waals surface area contributed by atoms with Crippen molar-refractivity contribution in [3.8, 4) is 12.1 Å². The molecule has 15 heteroatoms. The molecule has 0 bridgehead atoms. The van der Waals surface area contributed by atoms with Crippen LogP contribution < -0.4 is 10.4 Å². The molecule has 0 aromatic carbocycles. The highest BCUT2D eigenvalue weighted by Crippen LogP contribution is 2.51. The lowest BCUT2D eigenvalue weighted by molar-refractivity contribution is 0.0162. The van der Waals surface area contributed by atoms with Gasteiger partial charge in [0.2, 0.25) is 0 Å². The summed E-state index contributed by atoms with van der Waals surface area (Å²) in [5.74, 6) is 0. The Bertz CT molecular complexity index is 918. The molecule has 10 atom stereocenters. The standard InChI is InChI=1S/C26H47F2N5O6P2/c1-17(2)33(18(3)4)40(34-13-9-11-29)38-25-22(37-19(5)23(25)27)16-32-41(8,35-14-10-12-30)39-26-21(15-31-7)36-20(6)24(26)28/h17-26,31-32H,8-10,13-16H2,1-7H3/t19-,20-,21+,22+,23?,24?,25-,26-,40?,41?/m0/s1. The molecule has 41 heavy (non-hydrogen) atoms. The van der Waals surface area contributed by atoms with Gasteiger partial charge in [-0.15, -0.1) is 0 Å². The quantitative estimate of drug-likeness (QED) is 0.168. The third-order valence-electron chi connectivity index (χ3n) is 6.65. The van der Waals surface area contributed by atoms with Gasteiger partial charge in [0.25, 0.3) is 8.53 Å². The van der Waals surface area contributed by atoms with Crippen LogP contribution in [0.3, 0.4) is 0 Å². The van der Waals surface area contributed by atoms with Gasteiger partial charge < -0.3 is 32.9 Å². The van der Waals surface area contributed by atoms with Gasteiger partial charge in [0.15, 0.2) is 19.8 Å². The van der Waals surface area contributed by atoms with E-state index in [-0.39, 0.29) is 44.7 Å². The molecule has 0 aromatic rings. The molecule has 4 unspecified atom stereocenters. The molecule has 2 rings (SSSR count). The Morgan fingerprint density at radius 3 is 2.02 bits per heavy atom. The Morgan fingerprint density at radius 2 is 1.49 bits per heavy atom. The van der Waals surface area contributed by atoms with Crippen molar-refractivity contribution in [2.45, 2.75) is 115 Å².